The maximum atomic E-state index is 12.6. The quantitative estimate of drug-likeness (QED) is 0.314. The standard InChI is InChI=1S/C24H18Cl2N2O2S/c1-14-17(24-28-20-7-3-4-9-21(20)31-24)6-5-8-19(14)27-22(29)11-10-15-12-16(25)13-18(26)23(15)30-2/h3-13H,1-2H3,(H,27,29)/b11-10+. The van der Waals surface area contributed by atoms with Crippen LogP contribution >= 0.6 is 34.5 Å². The molecule has 0 unspecified atom stereocenters. The van der Waals surface area contributed by atoms with Crippen molar-refractivity contribution in [1.29, 1.82) is 0 Å². The summed E-state index contributed by atoms with van der Waals surface area (Å²) in [7, 11) is 1.52. The number of fused-ring (bicyclic) bond motifs is 1. The van der Waals surface area contributed by atoms with Crippen LogP contribution in [-0.4, -0.2) is 18.0 Å². The highest BCUT2D eigenvalue weighted by molar-refractivity contribution is 7.21. The molecule has 0 saturated heterocycles. The first-order chi connectivity index (χ1) is 15.0. The van der Waals surface area contributed by atoms with Crippen molar-refractivity contribution in [2.45, 2.75) is 6.92 Å². The average molecular weight is 469 g/mol. The van der Waals surface area contributed by atoms with Gasteiger partial charge in [-0.2, -0.15) is 0 Å². The van der Waals surface area contributed by atoms with Crippen molar-refractivity contribution < 1.29 is 9.53 Å². The molecule has 0 aliphatic carbocycles. The van der Waals surface area contributed by atoms with E-state index in [0.717, 1.165) is 32.0 Å². The molecule has 0 atom stereocenters. The topological polar surface area (TPSA) is 51.2 Å². The number of methoxy groups -OCH3 is 1. The van der Waals surface area contributed by atoms with Crippen LogP contribution in [0.2, 0.25) is 10.0 Å². The molecule has 0 fully saturated rings. The summed E-state index contributed by atoms with van der Waals surface area (Å²) in [6.07, 6.45) is 3.05. The van der Waals surface area contributed by atoms with Crippen LogP contribution < -0.4 is 10.1 Å². The van der Waals surface area contributed by atoms with Crippen molar-refractivity contribution in [2.24, 2.45) is 0 Å². The van der Waals surface area contributed by atoms with Crippen LogP contribution in [0.25, 0.3) is 26.9 Å². The molecule has 1 heterocycles. The highest BCUT2D eigenvalue weighted by atomic mass is 35.5. The van der Waals surface area contributed by atoms with Crippen molar-refractivity contribution in [3.8, 4) is 16.3 Å². The molecule has 0 spiro atoms. The fourth-order valence-corrected chi connectivity index (χ4v) is 4.88. The Hall–Kier alpha value is -2.86. The van der Waals surface area contributed by atoms with Gasteiger partial charge in [-0.15, -0.1) is 11.3 Å². The summed E-state index contributed by atoms with van der Waals surface area (Å²) in [5.74, 6) is 0.187. The lowest BCUT2D eigenvalue weighted by Crippen LogP contribution is -2.09. The molecule has 4 aromatic rings. The average Bonchev–Trinajstić information content (AvgIpc) is 3.17. The van der Waals surface area contributed by atoms with Gasteiger partial charge in [-0.25, -0.2) is 4.98 Å². The van der Waals surface area contributed by atoms with Gasteiger partial charge in [-0.05, 0) is 48.9 Å². The van der Waals surface area contributed by atoms with Crippen molar-refractivity contribution in [1.82, 2.24) is 4.98 Å². The Balaban J connectivity index is 1.58. The fourth-order valence-electron chi connectivity index (χ4n) is 3.25. The maximum absolute atomic E-state index is 12.6. The minimum atomic E-state index is -0.275. The number of anilines is 1. The first-order valence-corrected chi connectivity index (χ1v) is 11.0. The van der Waals surface area contributed by atoms with Gasteiger partial charge in [0.2, 0.25) is 5.91 Å². The Morgan fingerprint density at radius 2 is 1.94 bits per heavy atom. The number of nitrogens with zero attached hydrogens (tertiary/aromatic N) is 1. The lowest BCUT2D eigenvalue weighted by molar-refractivity contribution is -0.111. The molecule has 156 valence electrons. The van der Waals surface area contributed by atoms with Crippen molar-refractivity contribution in [3.63, 3.8) is 0 Å². The highest BCUT2D eigenvalue weighted by Gasteiger charge is 2.12. The summed E-state index contributed by atoms with van der Waals surface area (Å²) in [6.45, 7) is 1.97. The number of thiazole rings is 1. The third-order valence-electron chi connectivity index (χ3n) is 4.77. The van der Waals surface area contributed by atoms with E-state index in [2.05, 4.69) is 11.4 Å². The molecule has 0 aliphatic heterocycles. The summed E-state index contributed by atoms with van der Waals surface area (Å²) in [5, 5.41) is 4.70. The lowest BCUT2D eigenvalue weighted by Gasteiger charge is -2.10. The van der Waals surface area contributed by atoms with Gasteiger partial charge in [-0.3, -0.25) is 4.79 Å². The van der Waals surface area contributed by atoms with E-state index in [1.54, 1.807) is 29.5 Å². The molecule has 1 N–H and O–H groups in total. The van der Waals surface area contributed by atoms with Crippen LogP contribution in [0.5, 0.6) is 5.75 Å². The molecule has 0 saturated carbocycles. The minimum Gasteiger partial charge on any atom is -0.495 e. The normalized spacial score (nSPS) is 11.2. The van der Waals surface area contributed by atoms with Gasteiger partial charge in [0.25, 0.3) is 0 Å². The summed E-state index contributed by atoms with van der Waals surface area (Å²) in [4.78, 5) is 17.3. The zero-order valence-corrected chi connectivity index (χ0v) is 19.1. The van der Waals surface area contributed by atoms with Crippen LogP contribution in [-0.2, 0) is 4.79 Å². The number of para-hydroxylation sites is 1. The molecule has 7 heteroatoms. The van der Waals surface area contributed by atoms with E-state index in [9.17, 15) is 4.79 Å². The molecule has 1 aromatic heterocycles. The van der Waals surface area contributed by atoms with Gasteiger partial charge in [0, 0.05) is 27.9 Å². The number of carbonyl (C=O) groups excluding carboxylic acids is 1. The summed E-state index contributed by atoms with van der Waals surface area (Å²) in [6, 6.07) is 17.1. The minimum absolute atomic E-state index is 0.275. The molecule has 1 amide bonds. The number of ether oxygens (including phenoxy) is 1. The molecule has 0 radical (unpaired) electrons. The number of rotatable bonds is 5. The molecule has 0 bridgehead atoms. The molecular weight excluding hydrogens is 451 g/mol. The maximum Gasteiger partial charge on any atom is 0.248 e. The Kier molecular flexibility index (Phi) is 6.28. The third kappa shape index (κ3) is 4.59. The number of carbonyl (C=O) groups is 1. The second-order valence-electron chi connectivity index (χ2n) is 6.80. The van der Waals surface area contributed by atoms with Gasteiger partial charge in [0.1, 0.15) is 10.8 Å². The van der Waals surface area contributed by atoms with Crippen LogP contribution in [0.15, 0.2) is 60.7 Å². The number of hydrogen-bond acceptors (Lipinski definition) is 4. The molecule has 4 nitrogen and oxygen atoms in total. The number of nitrogens with one attached hydrogen (secondary N) is 1. The van der Waals surface area contributed by atoms with E-state index >= 15 is 0 Å². The number of halogens is 2. The van der Waals surface area contributed by atoms with Crippen LogP contribution in [0.4, 0.5) is 5.69 Å². The van der Waals surface area contributed by atoms with Gasteiger partial charge in [-0.1, -0.05) is 47.5 Å². The van der Waals surface area contributed by atoms with Gasteiger partial charge >= 0.3 is 0 Å². The zero-order valence-electron chi connectivity index (χ0n) is 16.8. The van der Waals surface area contributed by atoms with E-state index in [1.807, 2.05) is 43.3 Å². The first-order valence-electron chi connectivity index (χ1n) is 9.44. The smallest absolute Gasteiger partial charge is 0.248 e. The van der Waals surface area contributed by atoms with E-state index in [-0.39, 0.29) is 5.91 Å². The van der Waals surface area contributed by atoms with Gasteiger partial charge < -0.3 is 10.1 Å². The Labute approximate surface area is 194 Å². The molecule has 3 aromatic carbocycles. The second-order valence-corrected chi connectivity index (χ2v) is 8.67. The first kappa shape index (κ1) is 21.4. The van der Waals surface area contributed by atoms with Crippen LogP contribution in [0, 0.1) is 6.92 Å². The van der Waals surface area contributed by atoms with Crippen molar-refractivity contribution >= 4 is 62.4 Å². The van der Waals surface area contributed by atoms with Gasteiger partial charge in [0.05, 0.1) is 22.3 Å². The Bertz CT molecular complexity index is 1280. The van der Waals surface area contributed by atoms with Crippen LogP contribution in [0.1, 0.15) is 11.1 Å². The highest BCUT2D eigenvalue weighted by Crippen LogP contribution is 2.35. The molecule has 4 rings (SSSR count). The molecular formula is C24H18Cl2N2O2S. The second kappa shape index (κ2) is 9.10. The molecule has 0 aliphatic rings. The number of hydrogen-bond donors (Lipinski definition) is 1. The number of aromatic nitrogens is 1. The Morgan fingerprint density at radius 1 is 1.13 bits per heavy atom. The van der Waals surface area contributed by atoms with Crippen LogP contribution in [0.3, 0.4) is 0 Å². The van der Waals surface area contributed by atoms with E-state index in [4.69, 9.17) is 32.9 Å². The Morgan fingerprint density at radius 3 is 2.71 bits per heavy atom. The SMILES string of the molecule is COc1c(Cl)cc(Cl)cc1/C=C/C(=O)Nc1cccc(-c2nc3ccccc3s2)c1C. The molecule has 31 heavy (non-hydrogen) atoms. The monoisotopic (exact) mass is 468 g/mol. The zero-order chi connectivity index (χ0) is 22.0. The predicted octanol–water partition coefficient (Wildman–Crippen LogP) is 7.24. The van der Waals surface area contributed by atoms with E-state index < -0.39 is 0 Å². The summed E-state index contributed by atoms with van der Waals surface area (Å²) >= 11 is 13.9. The largest absolute Gasteiger partial charge is 0.495 e. The lowest BCUT2D eigenvalue weighted by atomic mass is 10.1. The number of benzene rings is 3. The van der Waals surface area contributed by atoms with Gasteiger partial charge in [0.15, 0.2) is 0 Å². The van der Waals surface area contributed by atoms with E-state index in [1.165, 1.54) is 13.2 Å². The third-order valence-corrected chi connectivity index (χ3v) is 6.34. The number of amides is 1. The predicted molar refractivity (Wildman–Crippen MR) is 130 cm³/mol. The fraction of sp³-hybridized carbons (Fsp3) is 0.0833. The summed E-state index contributed by atoms with van der Waals surface area (Å²) < 4.78 is 6.44. The van der Waals surface area contributed by atoms with Crippen molar-refractivity contribution in [2.75, 3.05) is 12.4 Å². The van der Waals surface area contributed by atoms with E-state index in [0.29, 0.717) is 21.4 Å². The summed E-state index contributed by atoms with van der Waals surface area (Å²) in [5.41, 5.74) is 4.25. The van der Waals surface area contributed by atoms with Crippen molar-refractivity contribution in [3.05, 3.63) is 81.8 Å².